The third-order valence-corrected chi connectivity index (χ3v) is 4.03. The first kappa shape index (κ1) is 19.2. The maximum atomic E-state index is 13.6. The number of hydrogen-bond donors (Lipinski definition) is 1. The Morgan fingerprint density at radius 2 is 1.46 bits per heavy atom. The number of esters is 1. The standard InChI is InChI=1S/C22H17F2NO3/c23-17-10-6-11-18(24)21(17)22(27)28-14-20(26)25-19-12-5-4-9-16(19)13-15-7-2-1-3-8-15/h1-12H,13-14H2,(H,25,26). The van der Waals surface area contributed by atoms with E-state index in [0.717, 1.165) is 29.3 Å². The number of hydrogen-bond acceptors (Lipinski definition) is 3. The number of anilines is 1. The van der Waals surface area contributed by atoms with Gasteiger partial charge in [-0.25, -0.2) is 13.6 Å². The summed E-state index contributed by atoms with van der Waals surface area (Å²) in [6.45, 7) is -0.660. The van der Waals surface area contributed by atoms with Gasteiger partial charge in [0.1, 0.15) is 17.2 Å². The van der Waals surface area contributed by atoms with Crippen LogP contribution in [0.4, 0.5) is 14.5 Å². The van der Waals surface area contributed by atoms with E-state index in [2.05, 4.69) is 5.32 Å². The predicted molar refractivity (Wildman–Crippen MR) is 101 cm³/mol. The number of carbonyl (C=O) groups is 2. The second-order valence-corrected chi connectivity index (χ2v) is 6.04. The molecular weight excluding hydrogens is 364 g/mol. The van der Waals surface area contributed by atoms with E-state index >= 15 is 0 Å². The van der Waals surface area contributed by atoms with Crippen LogP contribution in [0.3, 0.4) is 0 Å². The molecule has 1 amide bonds. The van der Waals surface area contributed by atoms with Crippen molar-refractivity contribution in [2.24, 2.45) is 0 Å². The Hall–Kier alpha value is -3.54. The van der Waals surface area contributed by atoms with Crippen molar-refractivity contribution < 1.29 is 23.1 Å². The second-order valence-electron chi connectivity index (χ2n) is 6.04. The molecule has 0 radical (unpaired) electrons. The highest BCUT2D eigenvalue weighted by atomic mass is 19.1. The van der Waals surface area contributed by atoms with E-state index in [-0.39, 0.29) is 0 Å². The van der Waals surface area contributed by atoms with Crippen LogP contribution in [0.2, 0.25) is 0 Å². The molecule has 28 heavy (non-hydrogen) atoms. The molecule has 3 aromatic rings. The highest BCUT2D eigenvalue weighted by Crippen LogP contribution is 2.19. The molecule has 0 aliphatic rings. The smallest absolute Gasteiger partial charge is 0.344 e. The van der Waals surface area contributed by atoms with Crippen LogP contribution in [0.1, 0.15) is 21.5 Å². The minimum atomic E-state index is -1.23. The van der Waals surface area contributed by atoms with Gasteiger partial charge < -0.3 is 10.1 Å². The van der Waals surface area contributed by atoms with Gasteiger partial charge >= 0.3 is 5.97 Å². The lowest BCUT2D eigenvalue weighted by Gasteiger charge is -2.12. The van der Waals surface area contributed by atoms with Crippen molar-refractivity contribution in [1.29, 1.82) is 0 Å². The van der Waals surface area contributed by atoms with Gasteiger partial charge in [-0.15, -0.1) is 0 Å². The van der Waals surface area contributed by atoms with Gasteiger partial charge in [0, 0.05) is 5.69 Å². The van der Waals surface area contributed by atoms with Gasteiger partial charge in [-0.1, -0.05) is 54.6 Å². The van der Waals surface area contributed by atoms with Gasteiger partial charge in [-0.05, 0) is 35.7 Å². The van der Waals surface area contributed by atoms with Gasteiger partial charge in [-0.2, -0.15) is 0 Å². The third-order valence-electron chi connectivity index (χ3n) is 4.03. The summed E-state index contributed by atoms with van der Waals surface area (Å²) in [5, 5.41) is 2.66. The monoisotopic (exact) mass is 381 g/mol. The molecule has 6 heteroatoms. The van der Waals surface area contributed by atoms with Gasteiger partial charge in [0.05, 0.1) is 0 Å². The van der Waals surface area contributed by atoms with E-state index in [1.54, 1.807) is 12.1 Å². The van der Waals surface area contributed by atoms with Gasteiger partial charge in [0.25, 0.3) is 5.91 Å². The van der Waals surface area contributed by atoms with Crippen molar-refractivity contribution in [2.75, 3.05) is 11.9 Å². The van der Waals surface area contributed by atoms with Crippen molar-refractivity contribution in [1.82, 2.24) is 0 Å². The van der Waals surface area contributed by atoms with Crippen LogP contribution < -0.4 is 5.32 Å². The Morgan fingerprint density at radius 3 is 2.18 bits per heavy atom. The Bertz CT molecular complexity index is 970. The molecule has 0 spiro atoms. The normalized spacial score (nSPS) is 10.4. The molecule has 0 aliphatic heterocycles. The first-order chi connectivity index (χ1) is 13.5. The Balaban J connectivity index is 1.63. The van der Waals surface area contributed by atoms with Crippen molar-refractivity contribution in [3.05, 3.63) is 101 Å². The van der Waals surface area contributed by atoms with E-state index in [0.29, 0.717) is 12.1 Å². The lowest BCUT2D eigenvalue weighted by atomic mass is 10.0. The number of amides is 1. The van der Waals surface area contributed by atoms with E-state index in [1.807, 2.05) is 42.5 Å². The highest BCUT2D eigenvalue weighted by Gasteiger charge is 2.19. The summed E-state index contributed by atoms with van der Waals surface area (Å²) >= 11 is 0. The molecule has 3 rings (SSSR count). The fourth-order valence-corrected chi connectivity index (χ4v) is 2.69. The molecule has 0 aliphatic carbocycles. The summed E-state index contributed by atoms with van der Waals surface area (Å²) in [5.74, 6) is -3.92. The Labute approximate surface area is 160 Å². The number of nitrogens with one attached hydrogen (secondary N) is 1. The van der Waals surface area contributed by atoms with E-state index < -0.39 is 35.7 Å². The fourth-order valence-electron chi connectivity index (χ4n) is 2.69. The van der Waals surface area contributed by atoms with Crippen molar-refractivity contribution >= 4 is 17.6 Å². The molecule has 0 saturated heterocycles. The summed E-state index contributed by atoms with van der Waals surface area (Å²) in [6.07, 6.45) is 0.609. The quantitative estimate of drug-likeness (QED) is 0.646. The van der Waals surface area contributed by atoms with Crippen LogP contribution in [-0.2, 0) is 16.0 Å². The van der Waals surface area contributed by atoms with Crippen molar-refractivity contribution in [2.45, 2.75) is 6.42 Å². The average molecular weight is 381 g/mol. The number of benzene rings is 3. The number of ether oxygens (including phenoxy) is 1. The molecule has 0 saturated carbocycles. The van der Waals surface area contributed by atoms with Crippen LogP contribution in [0.15, 0.2) is 72.8 Å². The topological polar surface area (TPSA) is 55.4 Å². The summed E-state index contributed by atoms with van der Waals surface area (Å²) < 4.78 is 31.9. The number of para-hydroxylation sites is 1. The fraction of sp³-hybridized carbons (Fsp3) is 0.0909. The number of halogens is 2. The molecule has 142 valence electrons. The first-order valence-electron chi connectivity index (χ1n) is 8.57. The number of carbonyl (C=O) groups excluding carboxylic acids is 2. The molecule has 3 aromatic carbocycles. The highest BCUT2D eigenvalue weighted by molar-refractivity contribution is 5.96. The minimum Gasteiger partial charge on any atom is -0.452 e. The van der Waals surface area contributed by atoms with Crippen LogP contribution in [0, 0.1) is 11.6 Å². The minimum absolute atomic E-state index is 0.574. The lowest BCUT2D eigenvalue weighted by molar-refractivity contribution is -0.119. The first-order valence-corrected chi connectivity index (χ1v) is 8.57. The molecule has 0 heterocycles. The molecule has 0 fully saturated rings. The molecule has 4 nitrogen and oxygen atoms in total. The van der Waals surface area contributed by atoms with Crippen LogP contribution in [0.5, 0.6) is 0 Å². The van der Waals surface area contributed by atoms with Crippen molar-refractivity contribution in [3.8, 4) is 0 Å². The number of rotatable bonds is 6. The van der Waals surface area contributed by atoms with Gasteiger partial charge in [-0.3, -0.25) is 4.79 Å². The molecule has 0 unspecified atom stereocenters. The van der Waals surface area contributed by atoms with Crippen molar-refractivity contribution in [3.63, 3.8) is 0 Å². The molecule has 0 bridgehead atoms. The Kier molecular flexibility index (Phi) is 6.11. The van der Waals surface area contributed by atoms with Crippen LogP contribution in [-0.4, -0.2) is 18.5 Å². The largest absolute Gasteiger partial charge is 0.452 e. The van der Waals surface area contributed by atoms with E-state index in [4.69, 9.17) is 4.74 Å². The summed E-state index contributed by atoms with van der Waals surface area (Å²) in [5.41, 5.74) is 1.71. The Morgan fingerprint density at radius 1 is 0.821 bits per heavy atom. The van der Waals surface area contributed by atoms with Gasteiger partial charge in [0.15, 0.2) is 6.61 Å². The summed E-state index contributed by atoms with van der Waals surface area (Å²) in [4.78, 5) is 24.0. The van der Waals surface area contributed by atoms with E-state index in [9.17, 15) is 18.4 Å². The third kappa shape index (κ3) is 4.79. The van der Waals surface area contributed by atoms with Crippen LogP contribution >= 0.6 is 0 Å². The SMILES string of the molecule is O=C(COC(=O)c1c(F)cccc1F)Nc1ccccc1Cc1ccccc1. The predicted octanol–water partition coefficient (Wildman–Crippen LogP) is 4.35. The van der Waals surface area contributed by atoms with Crippen LogP contribution in [0.25, 0.3) is 0 Å². The summed E-state index contributed by atoms with van der Waals surface area (Å²) in [6, 6.07) is 20.0. The molecule has 0 aromatic heterocycles. The zero-order chi connectivity index (χ0) is 19.9. The summed E-state index contributed by atoms with van der Waals surface area (Å²) in [7, 11) is 0. The molecule has 1 N–H and O–H groups in total. The zero-order valence-electron chi connectivity index (χ0n) is 14.8. The average Bonchev–Trinajstić information content (AvgIpc) is 2.68. The lowest BCUT2D eigenvalue weighted by Crippen LogP contribution is -2.22. The maximum Gasteiger partial charge on any atom is 0.344 e. The van der Waals surface area contributed by atoms with E-state index in [1.165, 1.54) is 0 Å². The van der Waals surface area contributed by atoms with Gasteiger partial charge in [0.2, 0.25) is 0 Å². The second kappa shape index (κ2) is 8.90. The maximum absolute atomic E-state index is 13.6. The molecule has 0 atom stereocenters. The molecular formula is C22H17F2NO3. The zero-order valence-corrected chi connectivity index (χ0v) is 14.8.